The van der Waals surface area contributed by atoms with E-state index in [-0.39, 0.29) is 24.2 Å². The number of anilines is 1. The summed E-state index contributed by atoms with van der Waals surface area (Å²) in [6.07, 6.45) is 10.1. The summed E-state index contributed by atoms with van der Waals surface area (Å²) in [6, 6.07) is 8.22. The van der Waals surface area contributed by atoms with Crippen LogP contribution in [0, 0.1) is 0 Å². The van der Waals surface area contributed by atoms with Crippen molar-refractivity contribution in [3.05, 3.63) is 30.1 Å². The number of nitrogens with zero attached hydrogens (tertiary/aromatic N) is 3. The normalized spacial score (nSPS) is 29.5. The molecule has 0 spiro atoms. The summed E-state index contributed by atoms with van der Waals surface area (Å²) >= 11 is 0. The molecule has 1 saturated carbocycles. The van der Waals surface area contributed by atoms with Crippen LogP contribution in [0.3, 0.4) is 0 Å². The van der Waals surface area contributed by atoms with Crippen LogP contribution in [0.1, 0.15) is 77.0 Å². The Labute approximate surface area is 201 Å². The van der Waals surface area contributed by atoms with E-state index in [0.29, 0.717) is 23.0 Å². The van der Waals surface area contributed by atoms with Crippen LogP contribution in [0.4, 0.5) is 6.01 Å². The lowest BCUT2D eigenvalue weighted by Gasteiger charge is -2.39. The number of benzene rings is 1. The molecule has 34 heavy (non-hydrogen) atoms. The van der Waals surface area contributed by atoms with Crippen molar-refractivity contribution in [2.75, 3.05) is 11.2 Å². The van der Waals surface area contributed by atoms with E-state index in [1.165, 1.54) is 6.26 Å². The number of fused-ring (bicyclic) bond motifs is 2. The predicted octanol–water partition coefficient (Wildman–Crippen LogP) is 4.50. The summed E-state index contributed by atoms with van der Waals surface area (Å²) in [6.45, 7) is 4.16. The van der Waals surface area contributed by atoms with Gasteiger partial charge in [0.05, 0.1) is 23.2 Å². The molecular weight excluding hydrogens is 454 g/mol. The summed E-state index contributed by atoms with van der Waals surface area (Å²) in [5.41, 5.74) is 0. The molecule has 3 atom stereocenters. The van der Waals surface area contributed by atoms with Gasteiger partial charge in [-0.25, -0.2) is 8.42 Å². The Hall–Kier alpha value is -2.13. The van der Waals surface area contributed by atoms with Gasteiger partial charge in [-0.2, -0.15) is 4.98 Å². The number of hydrogen-bond acceptors (Lipinski definition) is 8. The number of ether oxygens (including phenoxy) is 2. The fourth-order valence-corrected chi connectivity index (χ4v) is 6.26. The first-order chi connectivity index (χ1) is 16.3. The Morgan fingerprint density at radius 1 is 0.941 bits per heavy atom. The fourth-order valence-electron chi connectivity index (χ4n) is 5.63. The zero-order valence-corrected chi connectivity index (χ0v) is 21.0. The van der Waals surface area contributed by atoms with E-state index in [1.54, 1.807) is 24.3 Å². The highest BCUT2D eigenvalue weighted by atomic mass is 32.2. The average Bonchev–Trinajstić information content (AvgIpc) is 3.37. The number of hydrogen-bond donors (Lipinski definition) is 0. The highest BCUT2D eigenvalue weighted by Crippen LogP contribution is 2.41. The van der Waals surface area contributed by atoms with Gasteiger partial charge in [0.1, 0.15) is 5.75 Å². The first-order valence-corrected chi connectivity index (χ1v) is 14.4. The summed E-state index contributed by atoms with van der Waals surface area (Å²) in [5, 5.41) is 4.15. The molecule has 1 aromatic carbocycles. The Morgan fingerprint density at radius 3 is 2.12 bits per heavy atom. The summed E-state index contributed by atoms with van der Waals surface area (Å²) in [4.78, 5) is 7.30. The molecule has 1 aromatic heterocycles. The molecule has 0 radical (unpaired) electrons. The van der Waals surface area contributed by atoms with Crippen LogP contribution in [-0.4, -0.2) is 55.2 Å². The molecule has 5 rings (SSSR count). The van der Waals surface area contributed by atoms with E-state index < -0.39 is 9.84 Å². The minimum atomic E-state index is -3.19. The molecule has 3 fully saturated rings. The third-order valence-corrected chi connectivity index (χ3v) is 8.55. The van der Waals surface area contributed by atoms with Crippen LogP contribution < -0.4 is 9.64 Å². The van der Waals surface area contributed by atoms with Crippen LogP contribution in [-0.2, 0) is 14.6 Å². The maximum atomic E-state index is 11.6. The topological polar surface area (TPSA) is 94.8 Å². The lowest BCUT2D eigenvalue weighted by Crippen LogP contribution is -2.47. The van der Waals surface area contributed by atoms with Crippen molar-refractivity contribution in [1.82, 2.24) is 10.1 Å². The Balaban J connectivity index is 1.10. The second kappa shape index (κ2) is 9.49. The maximum Gasteiger partial charge on any atom is 0.324 e. The third kappa shape index (κ3) is 5.10. The van der Waals surface area contributed by atoms with E-state index in [0.717, 1.165) is 62.9 Å². The van der Waals surface area contributed by atoms with Gasteiger partial charge in [0.2, 0.25) is 0 Å². The second-order valence-corrected chi connectivity index (χ2v) is 12.4. The number of rotatable bonds is 7. The van der Waals surface area contributed by atoms with E-state index in [4.69, 9.17) is 14.0 Å². The van der Waals surface area contributed by atoms with Gasteiger partial charge in [-0.15, -0.1) is 0 Å². The van der Waals surface area contributed by atoms with Gasteiger partial charge < -0.3 is 18.9 Å². The number of aromatic nitrogens is 2. The van der Waals surface area contributed by atoms with Crippen LogP contribution in [0.15, 0.2) is 33.7 Å². The smallest absolute Gasteiger partial charge is 0.324 e. The standard InChI is InChI=1S/C25H35N3O5S/c1-16(2)24-26-25(33-27-24)28-17-4-5-18(28)15-22(14-17)32-20-8-6-19(7-9-20)31-21-10-12-23(13-11-21)34(3,29)30/h10-13,16-20,22H,4-9,14-15H2,1-3H3/t17-,18?,19?,20?,22?/m1/s1. The molecule has 3 heterocycles. The molecule has 2 saturated heterocycles. The first-order valence-electron chi connectivity index (χ1n) is 12.5. The van der Waals surface area contributed by atoms with Crippen molar-refractivity contribution < 1.29 is 22.4 Å². The number of sulfone groups is 1. The molecule has 9 heteroatoms. The molecule has 2 bridgehead atoms. The molecule has 0 amide bonds. The number of piperidine rings is 1. The van der Waals surface area contributed by atoms with Gasteiger partial charge >= 0.3 is 6.01 Å². The Morgan fingerprint density at radius 2 is 1.56 bits per heavy atom. The van der Waals surface area contributed by atoms with Crippen molar-refractivity contribution in [1.29, 1.82) is 0 Å². The van der Waals surface area contributed by atoms with Crippen LogP contribution >= 0.6 is 0 Å². The van der Waals surface area contributed by atoms with Crippen molar-refractivity contribution in [3.63, 3.8) is 0 Å². The van der Waals surface area contributed by atoms with Gasteiger partial charge in [-0.05, 0) is 75.6 Å². The molecule has 3 aliphatic rings. The van der Waals surface area contributed by atoms with Gasteiger partial charge in [0.25, 0.3) is 0 Å². The van der Waals surface area contributed by atoms with Crippen LogP contribution in [0.25, 0.3) is 0 Å². The van der Waals surface area contributed by atoms with E-state index >= 15 is 0 Å². The van der Waals surface area contributed by atoms with Crippen molar-refractivity contribution in [3.8, 4) is 5.75 Å². The lowest BCUT2D eigenvalue weighted by molar-refractivity contribution is -0.0586. The van der Waals surface area contributed by atoms with Gasteiger partial charge in [0, 0.05) is 24.3 Å². The second-order valence-electron chi connectivity index (χ2n) is 10.4. The van der Waals surface area contributed by atoms with E-state index in [9.17, 15) is 8.42 Å². The maximum absolute atomic E-state index is 11.6. The minimum Gasteiger partial charge on any atom is -0.490 e. The summed E-state index contributed by atoms with van der Waals surface area (Å²) < 4.78 is 41.5. The van der Waals surface area contributed by atoms with Crippen molar-refractivity contribution in [2.45, 2.75) is 106 Å². The molecule has 1 aliphatic carbocycles. The monoisotopic (exact) mass is 489 g/mol. The van der Waals surface area contributed by atoms with E-state index in [1.807, 2.05) is 0 Å². The molecular formula is C25H35N3O5S. The van der Waals surface area contributed by atoms with Crippen LogP contribution in [0.5, 0.6) is 5.75 Å². The highest BCUT2D eigenvalue weighted by Gasteiger charge is 2.44. The molecule has 8 nitrogen and oxygen atoms in total. The van der Waals surface area contributed by atoms with Gasteiger partial charge in [-0.1, -0.05) is 19.0 Å². The zero-order valence-electron chi connectivity index (χ0n) is 20.2. The summed E-state index contributed by atoms with van der Waals surface area (Å²) in [5.74, 6) is 1.77. The predicted molar refractivity (Wildman–Crippen MR) is 128 cm³/mol. The molecule has 186 valence electrons. The van der Waals surface area contributed by atoms with Gasteiger partial charge in [-0.3, -0.25) is 0 Å². The molecule has 2 unspecified atom stereocenters. The SMILES string of the molecule is CC(C)c1noc(N2C3CC[C@@H]2CC(OC2CCC(Oc4ccc(S(C)(=O)=O)cc4)CC2)C3)n1. The van der Waals surface area contributed by atoms with Gasteiger partial charge in [0.15, 0.2) is 15.7 Å². The molecule has 0 N–H and O–H groups in total. The van der Waals surface area contributed by atoms with Crippen LogP contribution in [0.2, 0.25) is 0 Å². The van der Waals surface area contributed by atoms with Crippen molar-refractivity contribution in [2.24, 2.45) is 0 Å². The third-order valence-electron chi connectivity index (χ3n) is 7.42. The summed E-state index contributed by atoms with van der Waals surface area (Å²) in [7, 11) is -3.19. The Bertz CT molecular complexity index is 1060. The quantitative estimate of drug-likeness (QED) is 0.561. The fraction of sp³-hybridized carbons (Fsp3) is 0.680. The highest BCUT2D eigenvalue weighted by molar-refractivity contribution is 7.90. The molecule has 2 aromatic rings. The first kappa shape index (κ1) is 23.6. The largest absolute Gasteiger partial charge is 0.490 e. The molecule has 2 aliphatic heterocycles. The minimum absolute atomic E-state index is 0.148. The van der Waals surface area contributed by atoms with E-state index in [2.05, 4.69) is 28.9 Å². The van der Waals surface area contributed by atoms with Crippen molar-refractivity contribution >= 4 is 15.9 Å². The average molecular weight is 490 g/mol. The Kier molecular flexibility index (Phi) is 6.59. The lowest BCUT2D eigenvalue weighted by atomic mass is 9.93. The zero-order chi connectivity index (χ0) is 23.9.